The Morgan fingerprint density at radius 3 is 2.54 bits per heavy atom. The van der Waals surface area contributed by atoms with Crippen LogP contribution in [0.25, 0.3) is 11.1 Å². The summed E-state index contributed by atoms with van der Waals surface area (Å²) in [6.07, 6.45) is 8.24. The predicted molar refractivity (Wildman–Crippen MR) is 150 cm³/mol. The molecule has 0 saturated heterocycles. The number of hydrogen-bond acceptors (Lipinski definition) is 5. The number of imidazole rings is 1. The highest BCUT2D eigenvalue weighted by atomic mass is 35.5. The fraction of sp³-hybridized carbons (Fsp3) is 0.286. The standard InChI is InChI=1S/C28H31N5O2S.ClH/c1-2-13-36(34,35)33-18-25-15-24(23-8-4-3-5-9-23)10-11-28(25)32(19-26-17-30-21-31-26)20-27(33)14-22-7-6-12-29-16-22;/h3-12,15-17,21,27H,2,13-14,18-20H2,1H3,(H,30,31);1H/t27-;/m1./s1. The van der Waals surface area contributed by atoms with Gasteiger partial charge in [-0.2, -0.15) is 4.31 Å². The molecule has 0 fully saturated rings. The number of fused-ring (bicyclic) bond motifs is 1. The van der Waals surface area contributed by atoms with E-state index in [1.54, 1.807) is 16.8 Å². The molecular weight excluding hydrogens is 506 g/mol. The third-order valence-corrected chi connectivity index (χ3v) is 8.69. The second-order valence-electron chi connectivity index (χ2n) is 9.25. The highest BCUT2D eigenvalue weighted by Crippen LogP contribution is 2.34. The minimum atomic E-state index is -3.47. The zero-order valence-corrected chi connectivity index (χ0v) is 22.5. The van der Waals surface area contributed by atoms with Gasteiger partial charge in [-0.15, -0.1) is 12.4 Å². The first kappa shape index (κ1) is 26.9. The summed E-state index contributed by atoms with van der Waals surface area (Å²) in [6.45, 7) is 3.43. The minimum absolute atomic E-state index is 0. The number of H-pyrrole nitrogens is 1. The Balaban J connectivity index is 0.00000320. The lowest BCUT2D eigenvalue weighted by Gasteiger charge is -2.32. The zero-order valence-electron chi connectivity index (χ0n) is 20.8. The van der Waals surface area contributed by atoms with Gasteiger partial charge in [0.25, 0.3) is 0 Å². The molecule has 1 atom stereocenters. The lowest BCUT2D eigenvalue weighted by Crippen LogP contribution is -2.46. The van der Waals surface area contributed by atoms with Gasteiger partial charge in [0.2, 0.25) is 10.0 Å². The van der Waals surface area contributed by atoms with Crippen LogP contribution in [0.3, 0.4) is 0 Å². The summed E-state index contributed by atoms with van der Waals surface area (Å²) in [5.41, 5.74) is 6.25. The Hall–Kier alpha value is -3.20. The van der Waals surface area contributed by atoms with Gasteiger partial charge < -0.3 is 9.88 Å². The van der Waals surface area contributed by atoms with Gasteiger partial charge in [0.15, 0.2) is 0 Å². The Kier molecular flexibility index (Phi) is 8.63. The van der Waals surface area contributed by atoms with Gasteiger partial charge in [-0.3, -0.25) is 4.98 Å². The average molecular weight is 538 g/mol. The molecule has 0 aliphatic carbocycles. The molecule has 37 heavy (non-hydrogen) atoms. The van der Waals surface area contributed by atoms with E-state index in [1.807, 2.05) is 49.6 Å². The summed E-state index contributed by atoms with van der Waals surface area (Å²) in [5.74, 6) is 0.130. The van der Waals surface area contributed by atoms with Gasteiger partial charge in [-0.1, -0.05) is 49.4 Å². The second kappa shape index (κ2) is 11.9. The van der Waals surface area contributed by atoms with E-state index in [2.05, 4.69) is 50.2 Å². The molecule has 194 valence electrons. The van der Waals surface area contributed by atoms with E-state index >= 15 is 0 Å². The largest absolute Gasteiger partial charge is 0.364 e. The quantitative estimate of drug-likeness (QED) is 0.339. The van der Waals surface area contributed by atoms with Crippen LogP contribution in [-0.2, 0) is 29.5 Å². The summed E-state index contributed by atoms with van der Waals surface area (Å²) < 4.78 is 28.9. The number of pyridine rings is 1. The van der Waals surface area contributed by atoms with Crippen molar-refractivity contribution in [3.05, 3.63) is 102 Å². The number of nitrogens with zero attached hydrogens (tertiary/aromatic N) is 4. The first-order valence-electron chi connectivity index (χ1n) is 12.3. The van der Waals surface area contributed by atoms with Gasteiger partial charge in [-0.25, -0.2) is 13.4 Å². The van der Waals surface area contributed by atoms with Crippen LogP contribution in [0.2, 0.25) is 0 Å². The summed E-state index contributed by atoms with van der Waals surface area (Å²) in [4.78, 5) is 13.9. The number of anilines is 1. The number of sulfonamides is 1. The maximum atomic E-state index is 13.6. The van der Waals surface area contributed by atoms with E-state index in [4.69, 9.17) is 0 Å². The molecule has 2 aromatic heterocycles. The number of benzene rings is 2. The first-order valence-corrected chi connectivity index (χ1v) is 13.9. The lowest BCUT2D eigenvalue weighted by atomic mass is 10.0. The van der Waals surface area contributed by atoms with Gasteiger partial charge in [0.1, 0.15) is 0 Å². The fourth-order valence-corrected chi connectivity index (χ4v) is 6.64. The molecular formula is C28H32ClN5O2S. The topological polar surface area (TPSA) is 82.2 Å². The third-order valence-electron chi connectivity index (χ3n) is 6.62. The van der Waals surface area contributed by atoms with E-state index in [0.717, 1.165) is 33.6 Å². The molecule has 1 aliphatic rings. The number of aromatic nitrogens is 3. The highest BCUT2D eigenvalue weighted by molar-refractivity contribution is 7.89. The highest BCUT2D eigenvalue weighted by Gasteiger charge is 2.35. The van der Waals surface area contributed by atoms with Crippen molar-refractivity contribution < 1.29 is 8.42 Å². The van der Waals surface area contributed by atoms with Gasteiger partial charge >= 0.3 is 0 Å². The fourth-order valence-electron chi connectivity index (χ4n) is 4.96. The van der Waals surface area contributed by atoms with E-state index in [0.29, 0.717) is 32.5 Å². The monoisotopic (exact) mass is 537 g/mol. The van der Waals surface area contributed by atoms with Crippen LogP contribution < -0.4 is 4.90 Å². The normalized spacial score (nSPS) is 16.0. The smallest absolute Gasteiger partial charge is 0.214 e. The molecule has 2 aromatic carbocycles. The summed E-state index contributed by atoms with van der Waals surface area (Å²) >= 11 is 0. The van der Waals surface area contributed by atoms with Crippen molar-refractivity contribution in [2.24, 2.45) is 0 Å². The molecule has 0 amide bonds. The van der Waals surface area contributed by atoms with Crippen LogP contribution in [0.5, 0.6) is 0 Å². The molecule has 0 radical (unpaired) electrons. The Labute approximate surface area is 225 Å². The average Bonchev–Trinajstić information content (AvgIpc) is 3.35. The summed E-state index contributed by atoms with van der Waals surface area (Å²) in [5, 5.41) is 0. The van der Waals surface area contributed by atoms with E-state index in [1.165, 1.54) is 0 Å². The number of halogens is 1. The number of rotatable bonds is 8. The molecule has 0 bridgehead atoms. The number of nitrogens with one attached hydrogen (secondary N) is 1. The van der Waals surface area contributed by atoms with Crippen molar-refractivity contribution in [2.45, 2.75) is 38.9 Å². The summed E-state index contributed by atoms with van der Waals surface area (Å²) in [7, 11) is -3.47. The van der Waals surface area contributed by atoms with E-state index in [-0.39, 0.29) is 24.2 Å². The van der Waals surface area contributed by atoms with Gasteiger partial charge in [0, 0.05) is 43.4 Å². The van der Waals surface area contributed by atoms with Crippen LogP contribution in [0.1, 0.15) is 30.2 Å². The molecule has 7 nitrogen and oxygen atoms in total. The Bertz CT molecular complexity index is 1380. The van der Waals surface area contributed by atoms with Crippen LogP contribution in [0, 0.1) is 0 Å². The Morgan fingerprint density at radius 1 is 1.00 bits per heavy atom. The third kappa shape index (κ3) is 6.21. The van der Waals surface area contributed by atoms with Gasteiger partial charge in [-0.05, 0) is 53.3 Å². The van der Waals surface area contributed by atoms with Crippen molar-refractivity contribution >= 4 is 28.1 Å². The molecule has 0 unspecified atom stereocenters. The van der Waals surface area contributed by atoms with Crippen molar-refractivity contribution in [3.8, 4) is 11.1 Å². The van der Waals surface area contributed by atoms with Crippen molar-refractivity contribution in [1.29, 1.82) is 0 Å². The molecule has 1 aliphatic heterocycles. The van der Waals surface area contributed by atoms with Crippen LogP contribution in [0.4, 0.5) is 5.69 Å². The van der Waals surface area contributed by atoms with E-state index < -0.39 is 10.0 Å². The second-order valence-corrected chi connectivity index (χ2v) is 11.3. The molecule has 5 rings (SSSR count). The molecule has 4 aromatic rings. The van der Waals surface area contributed by atoms with Crippen LogP contribution in [0.15, 0.2) is 85.6 Å². The SMILES string of the molecule is CCCS(=O)(=O)N1Cc2cc(-c3ccccc3)ccc2N(Cc2cnc[nH]2)C[C@H]1Cc1cccnc1.Cl. The molecule has 0 spiro atoms. The van der Waals surface area contributed by atoms with Crippen LogP contribution in [-0.4, -0.2) is 46.0 Å². The van der Waals surface area contributed by atoms with E-state index in [9.17, 15) is 8.42 Å². The van der Waals surface area contributed by atoms with Crippen LogP contribution >= 0.6 is 12.4 Å². The maximum Gasteiger partial charge on any atom is 0.214 e. The minimum Gasteiger partial charge on any atom is -0.364 e. The Morgan fingerprint density at radius 2 is 1.84 bits per heavy atom. The maximum absolute atomic E-state index is 13.6. The first-order chi connectivity index (χ1) is 17.5. The molecule has 0 saturated carbocycles. The van der Waals surface area contributed by atoms with Gasteiger partial charge in [0.05, 0.1) is 24.3 Å². The number of hydrogen-bond donors (Lipinski definition) is 1. The molecule has 3 heterocycles. The zero-order chi connectivity index (χ0) is 25.0. The molecule has 9 heteroatoms. The lowest BCUT2D eigenvalue weighted by molar-refractivity contribution is 0.317. The number of aromatic amines is 1. The predicted octanol–water partition coefficient (Wildman–Crippen LogP) is 5.07. The van der Waals surface area contributed by atoms with Crippen molar-refractivity contribution in [3.63, 3.8) is 0 Å². The molecule has 1 N–H and O–H groups in total. The van der Waals surface area contributed by atoms with Crippen molar-refractivity contribution in [2.75, 3.05) is 17.2 Å². The summed E-state index contributed by atoms with van der Waals surface area (Å²) in [6, 6.07) is 20.3. The van der Waals surface area contributed by atoms with Crippen molar-refractivity contribution in [1.82, 2.24) is 19.3 Å².